The van der Waals surface area contributed by atoms with Gasteiger partial charge in [0.15, 0.2) is 0 Å². The number of hydrogen-bond acceptors (Lipinski definition) is 3. The van der Waals surface area contributed by atoms with E-state index in [9.17, 15) is 0 Å². The van der Waals surface area contributed by atoms with Gasteiger partial charge in [0.05, 0.1) is 10.7 Å². The highest BCUT2D eigenvalue weighted by molar-refractivity contribution is 7.15. The van der Waals surface area contributed by atoms with Gasteiger partial charge in [-0.05, 0) is 31.6 Å². The number of nitrogen functional groups attached to an aromatic ring is 1. The number of rotatable bonds is 2. The Kier molecular flexibility index (Phi) is 4.11. The lowest BCUT2D eigenvalue weighted by Crippen LogP contribution is -2.13. The molecule has 3 rings (SSSR count). The van der Waals surface area contributed by atoms with Gasteiger partial charge >= 0.3 is 0 Å². The second-order valence-corrected chi connectivity index (χ2v) is 7.67. The molecule has 0 aliphatic heterocycles. The van der Waals surface area contributed by atoms with Crippen LogP contribution < -0.4 is 5.73 Å². The minimum Gasteiger partial charge on any atom is -0.389 e. The molecule has 2 aliphatic rings. The molecule has 2 fully saturated rings. The third kappa shape index (κ3) is 2.96. The molecule has 2 unspecified atom stereocenters. The van der Waals surface area contributed by atoms with Crippen LogP contribution in [0.3, 0.4) is 0 Å². The van der Waals surface area contributed by atoms with Crippen LogP contribution in [0.1, 0.15) is 87.2 Å². The van der Waals surface area contributed by atoms with E-state index in [1.165, 1.54) is 68.5 Å². The van der Waals surface area contributed by atoms with E-state index in [1.54, 1.807) is 11.3 Å². The Morgan fingerprint density at radius 1 is 1.00 bits per heavy atom. The molecule has 0 radical (unpaired) electrons. The van der Waals surface area contributed by atoms with E-state index in [-0.39, 0.29) is 0 Å². The summed E-state index contributed by atoms with van der Waals surface area (Å²) in [5.41, 5.74) is 7.53. The lowest BCUT2D eigenvalue weighted by atomic mass is 9.81. The minimum atomic E-state index is 0.636. The predicted molar refractivity (Wildman–Crippen MR) is 82.7 cm³/mol. The van der Waals surface area contributed by atoms with Gasteiger partial charge in [0.25, 0.3) is 0 Å². The van der Waals surface area contributed by atoms with Crippen molar-refractivity contribution < 1.29 is 0 Å². The van der Waals surface area contributed by atoms with Crippen LogP contribution in [0.2, 0.25) is 0 Å². The number of thiazole rings is 1. The molecule has 1 heterocycles. The van der Waals surface area contributed by atoms with Crippen LogP contribution in [-0.4, -0.2) is 4.98 Å². The van der Waals surface area contributed by atoms with Gasteiger partial charge in [0, 0.05) is 11.8 Å². The molecule has 2 nitrogen and oxygen atoms in total. The van der Waals surface area contributed by atoms with E-state index in [0.717, 1.165) is 10.9 Å². The van der Waals surface area contributed by atoms with Crippen molar-refractivity contribution in [2.75, 3.05) is 5.73 Å². The van der Waals surface area contributed by atoms with E-state index in [4.69, 9.17) is 10.7 Å². The summed E-state index contributed by atoms with van der Waals surface area (Å²) in [6.45, 7) is 2.37. The lowest BCUT2D eigenvalue weighted by molar-refractivity contribution is 0.340. The third-order valence-electron chi connectivity index (χ3n) is 4.98. The molecule has 3 heteroatoms. The van der Waals surface area contributed by atoms with E-state index >= 15 is 0 Å². The van der Waals surface area contributed by atoms with Crippen molar-refractivity contribution in [3.8, 4) is 0 Å². The first-order chi connectivity index (χ1) is 9.24. The standard InChI is InChI=1S/C16H26N2S/c1-11-6-5-9-13(10-11)14-15(17)19-16(18-14)12-7-3-2-4-8-12/h11-13H,2-10,17H2,1H3. The molecule has 2 saturated carbocycles. The average molecular weight is 278 g/mol. The first-order valence-electron chi connectivity index (χ1n) is 8.00. The van der Waals surface area contributed by atoms with Crippen molar-refractivity contribution in [1.82, 2.24) is 4.98 Å². The highest BCUT2D eigenvalue weighted by atomic mass is 32.1. The van der Waals surface area contributed by atoms with E-state index in [1.807, 2.05) is 0 Å². The van der Waals surface area contributed by atoms with Gasteiger partial charge in [-0.15, -0.1) is 11.3 Å². The number of nitrogens with zero attached hydrogens (tertiary/aromatic N) is 1. The summed E-state index contributed by atoms with van der Waals surface area (Å²) in [4.78, 5) is 4.99. The Morgan fingerprint density at radius 3 is 2.47 bits per heavy atom. The molecule has 0 bridgehead atoms. The minimum absolute atomic E-state index is 0.636. The highest BCUT2D eigenvalue weighted by Crippen LogP contribution is 2.43. The molecule has 106 valence electrons. The number of nitrogens with two attached hydrogens (primary N) is 1. The maximum absolute atomic E-state index is 6.28. The highest BCUT2D eigenvalue weighted by Gasteiger charge is 2.27. The summed E-state index contributed by atoms with van der Waals surface area (Å²) in [6, 6.07) is 0. The zero-order valence-electron chi connectivity index (χ0n) is 12.0. The first-order valence-corrected chi connectivity index (χ1v) is 8.81. The van der Waals surface area contributed by atoms with E-state index in [0.29, 0.717) is 11.8 Å². The molecule has 1 aromatic heterocycles. The number of hydrogen-bond donors (Lipinski definition) is 1. The Labute approximate surface area is 120 Å². The summed E-state index contributed by atoms with van der Waals surface area (Å²) >= 11 is 1.78. The van der Waals surface area contributed by atoms with Gasteiger partial charge in [-0.2, -0.15) is 0 Å². The van der Waals surface area contributed by atoms with Crippen molar-refractivity contribution in [2.24, 2.45) is 5.92 Å². The van der Waals surface area contributed by atoms with E-state index < -0.39 is 0 Å². The Bertz CT molecular complexity index is 420. The summed E-state index contributed by atoms with van der Waals surface area (Å²) in [5.74, 6) is 2.19. The molecule has 0 amide bonds. The largest absolute Gasteiger partial charge is 0.389 e. The summed E-state index contributed by atoms with van der Waals surface area (Å²) in [5, 5.41) is 2.35. The Hall–Kier alpha value is -0.570. The normalized spacial score (nSPS) is 29.5. The van der Waals surface area contributed by atoms with Crippen molar-refractivity contribution in [2.45, 2.75) is 76.5 Å². The van der Waals surface area contributed by atoms with Crippen LogP contribution in [0.5, 0.6) is 0 Å². The monoisotopic (exact) mass is 278 g/mol. The van der Waals surface area contributed by atoms with Gasteiger partial charge in [0.2, 0.25) is 0 Å². The number of aromatic nitrogens is 1. The molecule has 2 aliphatic carbocycles. The molecular formula is C16H26N2S. The Balaban J connectivity index is 1.76. The Morgan fingerprint density at radius 2 is 1.74 bits per heavy atom. The van der Waals surface area contributed by atoms with Crippen molar-refractivity contribution in [3.05, 3.63) is 10.7 Å². The summed E-state index contributed by atoms with van der Waals surface area (Å²) in [6.07, 6.45) is 12.1. The van der Waals surface area contributed by atoms with Crippen LogP contribution >= 0.6 is 11.3 Å². The third-order valence-corrected chi connectivity index (χ3v) is 6.04. The SMILES string of the molecule is CC1CCCC(c2nc(C3CCCCC3)sc2N)C1. The number of anilines is 1. The molecular weight excluding hydrogens is 252 g/mol. The van der Waals surface area contributed by atoms with Gasteiger partial charge in [0.1, 0.15) is 5.00 Å². The van der Waals surface area contributed by atoms with Crippen molar-refractivity contribution >= 4 is 16.3 Å². The molecule has 0 saturated heterocycles. The molecule has 2 N–H and O–H groups in total. The van der Waals surface area contributed by atoms with Crippen molar-refractivity contribution in [1.29, 1.82) is 0 Å². The fourth-order valence-electron chi connectivity index (χ4n) is 3.86. The van der Waals surface area contributed by atoms with Gasteiger partial charge in [-0.25, -0.2) is 4.98 Å². The van der Waals surface area contributed by atoms with Crippen LogP contribution in [0.25, 0.3) is 0 Å². The fourth-order valence-corrected chi connectivity index (χ4v) is 4.95. The summed E-state index contributed by atoms with van der Waals surface area (Å²) < 4.78 is 0. The quantitative estimate of drug-likeness (QED) is 0.820. The topological polar surface area (TPSA) is 38.9 Å². The molecule has 0 aromatic carbocycles. The van der Waals surface area contributed by atoms with Crippen LogP contribution in [0.4, 0.5) is 5.00 Å². The van der Waals surface area contributed by atoms with E-state index in [2.05, 4.69) is 6.92 Å². The summed E-state index contributed by atoms with van der Waals surface area (Å²) in [7, 11) is 0. The zero-order valence-corrected chi connectivity index (χ0v) is 12.8. The van der Waals surface area contributed by atoms with Gasteiger partial charge in [-0.1, -0.05) is 39.0 Å². The molecule has 0 spiro atoms. The molecule has 19 heavy (non-hydrogen) atoms. The second kappa shape index (κ2) is 5.82. The molecule has 2 atom stereocenters. The second-order valence-electron chi connectivity index (χ2n) is 6.61. The smallest absolute Gasteiger partial charge is 0.110 e. The van der Waals surface area contributed by atoms with Gasteiger partial charge in [-0.3, -0.25) is 0 Å². The van der Waals surface area contributed by atoms with Crippen LogP contribution in [0.15, 0.2) is 0 Å². The van der Waals surface area contributed by atoms with Gasteiger partial charge < -0.3 is 5.73 Å². The maximum atomic E-state index is 6.28. The zero-order chi connectivity index (χ0) is 13.2. The lowest BCUT2D eigenvalue weighted by Gasteiger charge is -2.25. The predicted octanol–water partition coefficient (Wildman–Crippen LogP) is 5.07. The first kappa shape index (κ1) is 13.4. The average Bonchev–Trinajstić information content (AvgIpc) is 2.82. The van der Waals surface area contributed by atoms with Crippen molar-refractivity contribution in [3.63, 3.8) is 0 Å². The van der Waals surface area contributed by atoms with Crippen LogP contribution in [-0.2, 0) is 0 Å². The molecule has 1 aromatic rings. The van der Waals surface area contributed by atoms with Crippen LogP contribution in [0, 0.1) is 5.92 Å². The maximum Gasteiger partial charge on any atom is 0.110 e. The fraction of sp³-hybridized carbons (Fsp3) is 0.812.